The average molecular weight is 336 g/mol. The van der Waals surface area contributed by atoms with E-state index in [0.29, 0.717) is 30.3 Å². The maximum absolute atomic E-state index is 13.7. The van der Waals surface area contributed by atoms with Crippen LogP contribution in [0.4, 0.5) is 4.39 Å². The number of hydrogen-bond acceptors (Lipinski definition) is 3. The van der Waals surface area contributed by atoms with Gasteiger partial charge in [-0.2, -0.15) is 0 Å². The minimum atomic E-state index is -0.448. The highest BCUT2D eigenvalue weighted by atomic mass is 35.5. The second-order valence-corrected chi connectivity index (χ2v) is 5.50. The van der Waals surface area contributed by atoms with Gasteiger partial charge in [0.1, 0.15) is 5.82 Å². The van der Waals surface area contributed by atoms with Crippen molar-refractivity contribution >= 4 is 17.5 Å². The molecular formula is C17H15ClFNO3. The van der Waals surface area contributed by atoms with E-state index in [9.17, 15) is 9.18 Å². The molecule has 0 unspecified atom stereocenters. The van der Waals surface area contributed by atoms with Crippen molar-refractivity contribution in [1.29, 1.82) is 0 Å². The number of amides is 1. The number of carbonyl (C=O) groups excluding carboxylic acids is 1. The van der Waals surface area contributed by atoms with Crippen LogP contribution in [0.5, 0.6) is 11.5 Å². The van der Waals surface area contributed by atoms with Gasteiger partial charge in [0.25, 0.3) is 5.91 Å². The standard InChI is InChI=1S/C17H15ClFNO3/c18-13-3-1-4-14(19)12(13)10-20-17(21)11-5-6-15-16(9-11)23-8-2-7-22-15/h1,3-6,9H,2,7-8,10H2,(H,20,21). The monoisotopic (exact) mass is 335 g/mol. The molecule has 0 aromatic heterocycles. The lowest BCUT2D eigenvalue weighted by Gasteiger charge is -2.11. The second kappa shape index (κ2) is 6.87. The van der Waals surface area contributed by atoms with Crippen molar-refractivity contribution in [2.75, 3.05) is 13.2 Å². The van der Waals surface area contributed by atoms with E-state index in [2.05, 4.69) is 5.32 Å². The fourth-order valence-electron chi connectivity index (χ4n) is 2.28. The maximum Gasteiger partial charge on any atom is 0.251 e. The molecule has 0 aliphatic carbocycles. The van der Waals surface area contributed by atoms with Crippen LogP contribution >= 0.6 is 11.6 Å². The first kappa shape index (κ1) is 15.6. The number of halogens is 2. The van der Waals surface area contributed by atoms with Gasteiger partial charge in [-0.1, -0.05) is 17.7 Å². The molecule has 1 aliphatic heterocycles. The zero-order valence-corrected chi connectivity index (χ0v) is 13.0. The number of nitrogens with one attached hydrogen (secondary N) is 1. The number of carbonyl (C=O) groups is 1. The summed E-state index contributed by atoms with van der Waals surface area (Å²) >= 11 is 5.94. The topological polar surface area (TPSA) is 47.6 Å². The van der Waals surface area contributed by atoms with Gasteiger partial charge in [0.15, 0.2) is 11.5 Å². The lowest BCUT2D eigenvalue weighted by atomic mass is 10.1. The van der Waals surface area contributed by atoms with Crippen LogP contribution in [0.3, 0.4) is 0 Å². The summed E-state index contributed by atoms with van der Waals surface area (Å²) in [6, 6.07) is 9.38. The molecular weight excluding hydrogens is 321 g/mol. The quantitative estimate of drug-likeness (QED) is 0.932. The fourth-order valence-corrected chi connectivity index (χ4v) is 2.51. The number of fused-ring (bicyclic) bond motifs is 1. The van der Waals surface area contributed by atoms with E-state index in [4.69, 9.17) is 21.1 Å². The fraction of sp³-hybridized carbons (Fsp3) is 0.235. The Morgan fingerprint density at radius 1 is 1.17 bits per heavy atom. The van der Waals surface area contributed by atoms with Gasteiger partial charge in [-0.15, -0.1) is 0 Å². The molecule has 4 nitrogen and oxygen atoms in total. The molecule has 23 heavy (non-hydrogen) atoms. The van der Waals surface area contributed by atoms with E-state index in [1.807, 2.05) is 0 Å². The molecule has 0 bridgehead atoms. The highest BCUT2D eigenvalue weighted by Gasteiger charge is 2.15. The SMILES string of the molecule is O=C(NCc1c(F)cccc1Cl)c1ccc2c(c1)OCCCO2. The molecule has 0 atom stereocenters. The zero-order valence-electron chi connectivity index (χ0n) is 12.3. The summed E-state index contributed by atoms with van der Waals surface area (Å²) in [5, 5.41) is 2.94. The van der Waals surface area contributed by atoms with Gasteiger partial charge >= 0.3 is 0 Å². The van der Waals surface area contributed by atoms with Crippen LogP contribution in [0.25, 0.3) is 0 Å². The third kappa shape index (κ3) is 3.56. The molecule has 1 amide bonds. The maximum atomic E-state index is 13.7. The molecule has 2 aromatic carbocycles. The molecule has 2 aromatic rings. The Balaban J connectivity index is 1.72. The van der Waals surface area contributed by atoms with Crippen molar-refractivity contribution in [2.24, 2.45) is 0 Å². The minimum Gasteiger partial charge on any atom is -0.490 e. The van der Waals surface area contributed by atoms with Crippen LogP contribution in [-0.2, 0) is 6.54 Å². The van der Waals surface area contributed by atoms with E-state index in [0.717, 1.165) is 6.42 Å². The zero-order chi connectivity index (χ0) is 16.2. The van der Waals surface area contributed by atoms with Gasteiger partial charge in [0.05, 0.1) is 13.2 Å². The smallest absolute Gasteiger partial charge is 0.251 e. The largest absolute Gasteiger partial charge is 0.490 e. The lowest BCUT2D eigenvalue weighted by Crippen LogP contribution is -2.23. The predicted molar refractivity (Wildman–Crippen MR) is 84.6 cm³/mol. The summed E-state index contributed by atoms with van der Waals surface area (Å²) in [6.45, 7) is 1.14. The van der Waals surface area contributed by atoms with E-state index in [1.165, 1.54) is 12.1 Å². The van der Waals surface area contributed by atoms with Crippen LogP contribution in [0.15, 0.2) is 36.4 Å². The highest BCUT2D eigenvalue weighted by Crippen LogP contribution is 2.30. The molecule has 3 rings (SSSR count). The highest BCUT2D eigenvalue weighted by molar-refractivity contribution is 6.31. The first-order valence-corrected chi connectivity index (χ1v) is 7.63. The second-order valence-electron chi connectivity index (χ2n) is 5.09. The molecule has 0 saturated carbocycles. The summed E-state index contributed by atoms with van der Waals surface area (Å²) in [7, 11) is 0. The van der Waals surface area contributed by atoms with E-state index in [-0.39, 0.29) is 23.0 Å². The van der Waals surface area contributed by atoms with Gasteiger partial charge in [0.2, 0.25) is 0 Å². The molecule has 1 heterocycles. The lowest BCUT2D eigenvalue weighted by molar-refractivity contribution is 0.0950. The van der Waals surface area contributed by atoms with Gasteiger partial charge in [0, 0.05) is 29.1 Å². The molecule has 1 aliphatic rings. The van der Waals surface area contributed by atoms with Crippen molar-refractivity contribution in [1.82, 2.24) is 5.32 Å². The Morgan fingerprint density at radius 2 is 1.96 bits per heavy atom. The summed E-state index contributed by atoms with van der Waals surface area (Å²) in [5.74, 6) is 0.381. The number of ether oxygens (including phenoxy) is 2. The van der Waals surface area contributed by atoms with Crippen LogP contribution < -0.4 is 14.8 Å². The Kier molecular flexibility index (Phi) is 4.67. The Labute approximate surface area is 138 Å². The van der Waals surface area contributed by atoms with Crippen molar-refractivity contribution in [2.45, 2.75) is 13.0 Å². The average Bonchev–Trinajstić information content (AvgIpc) is 2.78. The Morgan fingerprint density at radius 3 is 2.74 bits per heavy atom. The normalized spacial score (nSPS) is 13.3. The van der Waals surface area contributed by atoms with Crippen LogP contribution in [0.1, 0.15) is 22.3 Å². The summed E-state index contributed by atoms with van der Waals surface area (Å²) in [6.07, 6.45) is 0.794. The Hall–Kier alpha value is -2.27. The predicted octanol–water partition coefficient (Wildman–Crippen LogP) is 3.57. The molecule has 0 radical (unpaired) electrons. The van der Waals surface area contributed by atoms with Gasteiger partial charge < -0.3 is 14.8 Å². The molecule has 6 heteroatoms. The van der Waals surface area contributed by atoms with Crippen LogP contribution in [0, 0.1) is 5.82 Å². The van der Waals surface area contributed by atoms with Gasteiger partial charge in [-0.05, 0) is 30.3 Å². The minimum absolute atomic E-state index is 0.0127. The molecule has 0 fully saturated rings. The van der Waals surface area contributed by atoms with Gasteiger partial charge in [-0.3, -0.25) is 4.79 Å². The van der Waals surface area contributed by atoms with Gasteiger partial charge in [-0.25, -0.2) is 4.39 Å². The third-order valence-electron chi connectivity index (χ3n) is 3.50. The Bertz CT molecular complexity index is 716. The van der Waals surface area contributed by atoms with Crippen molar-refractivity contribution in [3.05, 3.63) is 58.4 Å². The summed E-state index contributed by atoms with van der Waals surface area (Å²) in [5.41, 5.74) is 0.679. The van der Waals surface area contributed by atoms with Crippen LogP contribution in [-0.4, -0.2) is 19.1 Å². The molecule has 0 saturated heterocycles. The first-order chi connectivity index (χ1) is 11.1. The molecule has 0 spiro atoms. The van der Waals surface area contributed by atoms with Crippen molar-refractivity contribution in [3.8, 4) is 11.5 Å². The third-order valence-corrected chi connectivity index (χ3v) is 3.85. The van der Waals surface area contributed by atoms with Crippen molar-refractivity contribution in [3.63, 3.8) is 0 Å². The molecule has 120 valence electrons. The van der Waals surface area contributed by atoms with Crippen LogP contribution in [0.2, 0.25) is 5.02 Å². The number of rotatable bonds is 3. The molecule has 1 N–H and O–H groups in total. The van der Waals surface area contributed by atoms with E-state index >= 15 is 0 Å². The summed E-state index contributed by atoms with van der Waals surface area (Å²) in [4.78, 5) is 12.2. The summed E-state index contributed by atoms with van der Waals surface area (Å²) < 4.78 is 24.8. The van der Waals surface area contributed by atoms with Crippen molar-refractivity contribution < 1.29 is 18.7 Å². The first-order valence-electron chi connectivity index (χ1n) is 7.26. The number of hydrogen-bond donors (Lipinski definition) is 1. The number of benzene rings is 2. The van der Waals surface area contributed by atoms with E-state index < -0.39 is 5.82 Å². The van der Waals surface area contributed by atoms with E-state index in [1.54, 1.807) is 24.3 Å².